The molecule has 0 amide bonds. The molecule has 2 aromatic carbocycles. The smallest absolute Gasteiger partial charge is 0.203 e. The average molecular weight is 335 g/mol. The third-order valence-corrected chi connectivity index (χ3v) is 4.82. The Hall–Kier alpha value is -2.46. The van der Waals surface area contributed by atoms with E-state index in [1.807, 2.05) is 6.21 Å². The van der Waals surface area contributed by atoms with Crippen LogP contribution in [0, 0.1) is 13.8 Å². The molecule has 0 aliphatic carbocycles. The number of hydrazone groups is 1. The van der Waals surface area contributed by atoms with Crippen molar-refractivity contribution >= 4 is 22.7 Å². The van der Waals surface area contributed by atoms with Gasteiger partial charge in [-0.3, -0.25) is 5.43 Å². The number of nitrogens with one attached hydrogen (secondary N) is 1. The normalized spacial score (nSPS) is 11.1. The number of aromatic nitrogens is 1. The average Bonchev–Trinajstić information content (AvgIpc) is 3.07. The molecule has 0 aliphatic heterocycles. The zero-order valence-corrected chi connectivity index (χ0v) is 15.0. The largest absolute Gasteiger partial charge is 0.253 e. The molecule has 3 rings (SSSR count). The molecule has 24 heavy (non-hydrogen) atoms. The SMILES string of the molecule is CCc1ccc(/C=N\Nc2nc(-c3ccc(C)c(C)c3)cs2)cc1. The Morgan fingerprint density at radius 2 is 1.88 bits per heavy atom. The first-order valence-corrected chi connectivity index (χ1v) is 8.95. The van der Waals surface area contributed by atoms with Crippen LogP contribution >= 0.6 is 11.3 Å². The van der Waals surface area contributed by atoms with Crippen LogP contribution in [0.3, 0.4) is 0 Å². The number of thiazole rings is 1. The Morgan fingerprint density at radius 1 is 1.08 bits per heavy atom. The molecule has 122 valence electrons. The maximum absolute atomic E-state index is 4.60. The zero-order valence-electron chi connectivity index (χ0n) is 14.2. The molecule has 3 aromatic rings. The van der Waals surface area contributed by atoms with Gasteiger partial charge in [0.15, 0.2) is 0 Å². The van der Waals surface area contributed by atoms with Crippen LogP contribution in [-0.2, 0) is 6.42 Å². The van der Waals surface area contributed by atoms with E-state index in [1.54, 1.807) is 11.3 Å². The molecule has 0 saturated carbocycles. The van der Waals surface area contributed by atoms with Crippen molar-refractivity contribution in [2.45, 2.75) is 27.2 Å². The molecule has 1 heterocycles. The molecule has 0 bridgehead atoms. The summed E-state index contributed by atoms with van der Waals surface area (Å²) in [7, 11) is 0. The highest BCUT2D eigenvalue weighted by Gasteiger charge is 2.05. The molecule has 0 fully saturated rings. The van der Waals surface area contributed by atoms with Gasteiger partial charge in [-0.05, 0) is 48.6 Å². The Balaban J connectivity index is 1.67. The van der Waals surface area contributed by atoms with Gasteiger partial charge in [0, 0.05) is 10.9 Å². The van der Waals surface area contributed by atoms with Crippen LogP contribution in [0.5, 0.6) is 0 Å². The first kappa shape index (κ1) is 16.4. The van der Waals surface area contributed by atoms with Crippen LogP contribution in [0.2, 0.25) is 0 Å². The molecule has 3 nitrogen and oxygen atoms in total. The standard InChI is InChI=1S/C20H21N3S/c1-4-16-6-8-17(9-7-16)12-21-23-20-22-19(13-24-20)18-10-5-14(2)15(3)11-18/h5-13H,4H2,1-3H3,(H,22,23)/b21-12-. The monoisotopic (exact) mass is 335 g/mol. The Labute approximate surface area is 147 Å². The topological polar surface area (TPSA) is 37.3 Å². The Kier molecular flexibility index (Phi) is 5.06. The van der Waals surface area contributed by atoms with Crippen molar-refractivity contribution in [3.8, 4) is 11.3 Å². The number of benzene rings is 2. The lowest BCUT2D eigenvalue weighted by Crippen LogP contribution is -1.91. The third-order valence-electron chi connectivity index (χ3n) is 4.07. The van der Waals surface area contributed by atoms with Crippen molar-refractivity contribution < 1.29 is 0 Å². The molecule has 0 aliphatic rings. The lowest BCUT2D eigenvalue weighted by atomic mass is 10.1. The summed E-state index contributed by atoms with van der Waals surface area (Å²) in [5.74, 6) is 0. The molecule has 1 aromatic heterocycles. The first-order valence-electron chi connectivity index (χ1n) is 8.07. The molecule has 0 unspecified atom stereocenters. The van der Waals surface area contributed by atoms with Gasteiger partial charge in [-0.1, -0.05) is 43.3 Å². The van der Waals surface area contributed by atoms with Crippen molar-refractivity contribution in [2.24, 2.45) is 5.10 Å². The second-order valence-corrected chi connectivity index (χ2v) is 6.66. The predicted molar refractivity (Wildman–Crippen MR) is 104 cm³/mol. The minimum absolute atomic E-state index is 0.796. The minimum Gasteiger partial charge on any atom is -0.253 e. The van der Waals surface area contributed by atoms with Crippen molar-refractivity contribution in [2.75, 3.05) is 5.43 Å². The van der Waals surface area contributed by atoms with Crippen LogP contribution in [0.4, 0.5) is 5.13 Å². The van der Waals surface area contributed by atoms with Crippen molar-refractivity contribution in [3.05, 3.63) is 70.1 Å². The second kappa shape index (κ2) is 7.41. The number of hydrogen-bond donors (Lipinski definition) is 1. The van der Waals surface area contributed by atoms with Gasteiger partial charge in [0.1, 0.15) is 0 Å². The maximum atomic E-state index is 4.60. The van der Waals surface area contributed by atoms with Crippen LogP contribution in [-0.4, -0.2) is 11.2 Å². The van der Waals surface area contributed by atoms with Gasteiger partial charge in [-0.15, -0.1) is 11.3 Å². The van der Waals surface area contributed by atoms with Gasteiger partial charge in [0.25, 0.3) is 0 Å². The van der Waals surface area contributed by atoms with E-state index in [2.05, 4.69) is 84.1 Å². The van der Waals surface area contributed by atoms with E-state index < -0.39 is 0 Å². The highest BCUT2D eigenvalue weighted by atomic mass is 32.1. The lowest BCUT2D eigenvalue weighted by molar-refractivity contribution is 1.14. The van der Waals surface area contributed by atoms with E-state index in [4.69, 9.17) is 0 Å². The number of anilines is 1. The van der Waals surface area contributed by atoms with Gasteiger partial charge >= 0.3 is 0 Å². The second-order valence-electron chi connectivity index (χ2n) is 5.80. The summed E-state index contributed by atoms with van der Waals surface area (Å²) >= 11 is 1.56. The first-order chi connectivity index (χ1) is 11.7. The van der Waals surface area contributed by atoms with Crippen LogP contribution < -0.4 is 5.43 Å². The van der Waals surface area contributed by atoms with E-state index in [1.165, 1.54) is 16.7 Å². The summed E-state index contributed by atoms with van der Waals surface area (Å²) < 4.78 is 0. The van der Waals surface area contributed by atoms with Gasteiger partial charge in [-0.25, -0.2) is 4.98 Å². The summed E-state index contributed by atoms with van der Waals surface area (Å²) in [5, 5.41) is 7.13. The molecule has 0 saturated heterocycles. The summed E-state index contributed by atoms with van der Waals surface area (Å²) in [6.45, 7) is 6.40. The van der Waals surface area contributed by atoms with Gasteiger partial charge in [0.05, 0.1) is 11.9 Å². The number of aryl methyl sites for hydroxylation is 3. The number of rotatable bonds is 5. The van der Waals surface area contributed by atoms with E-state index >= 15 is 0 Å². The molecule has 0 spiro atoms. The lowest BCUT2D eigenvalue weighted by Gasteiger charge is -2.02. The minimum atomic E-state index is 0.796. The van der Waals surface area contributed by atoms with Crippen LogP contribution in [0.15, 0.2) is 52.9 Å². The van der Waals surface area contributed by atoms with Gasteiger partial charge in [0.2, 0.25) is 5.13 Å². The summed E-state index contributed by atoms with van der Waals surface area (Å²) in [5.41, 5.74) is 10.1. The molecule has 0 radical (unpaired) electrons. The Morgan fingerprint density at radius 3 is 2.58 bits per heavy atom. The summed E-state index contributed by atoms with van der Waals surface area (Å²) in [4.78, 5) is 4.60. The van der Waals surface area contributed by atoms with Crippen molar-refractivity contribution in [1.82, 2.24) is 4.98 Å². The maximum Gasteiger partial charge on any atom is 0.203 e. The highest BCUT2D eigenvalue weighted by Crippen LogP contribution is 2.26. The fourth-order valence-electron chi connectivity index (χ4n) is 2.36. The van der Waals surface area contributed by atoms with E-state index in [-0.39, 0.29) is 0 Å². The fraction of sp³-hybridized carbons (Fsp3) is 0.200. The van der Waals surface area contributed by atoms with Crippen LogP contribution in [0.1, 0.15) is 29.2 Å². The molecule has 1 N–H and O–H groups in total. The zero-order chi connectivity index (χ0) is 16.9. The number of hydrogen-bond acceptors (Lipinski definition) is 4. The van der Waals surface area contributed by atoms with Crippen LogP contribution in [0.25, 0.3) is 11.3 Å². The predicted octanol–water partition coefficient (Wildman–Crippen LogP) is 5.44. The van der Waals surface area contributed by atoms with Gasteiger partial charge in [-0.2, -0.15) is 5.10 Å². The van der Waals surface area contributed by atoms with Crippen molar-refractivity contribution in [1.29, 1.82) is 0 Å². The number of nitrogens with zero attached hydrogens (tertiary/aromatic N) is 2. The summed E-state index contributed by atoms with van der Waals surface area (Å²) in [6, 6.07) is 14.8. The molecule has 0 atom stereocenters. The fourth-order valence-corrected chi connectivity index (χ4v) is 3.03. The molecular formula is C20H21N3S. The quantitative estimate of drug-likeness (QED) is 0.498. The molecule has 4 heteroatoms. The van der Waals surface area contributed by atoms with E-state index in [0.717, 1.165) is 28.4 Å². The van der Waals surface area contributed by atoms with Crippen molar-refractivity contribution in [3.63, 3.8) is 0 Å². The summed E-state index contributed by atoms with van der Waals surface area (Å²) in [6.07, 6.45) is 2.87. The molecular weight excluding hydrogens is 314 g/mol. The third kappa shape index (κ3) is 3.89. The Bertz CT molecular complexity index is 848. The van der Waals surface area contributed by atoms with E-state index in [0.29, 0.717) is 0 Å². The van der Waals surface area contributed by atoms with E-state index in [9.17, 15) is 0 Å². The van der Waals surface area contributed by atoms with Gasteiger partial charge < -0.3 is 0 Å². The highest BCUT2D eigenvalue weighted by molar-refractivity contribution is 7.14.